The fourth-order valence-corrected chi connectivity index (χ4v) is 0.766. The number of aromatic amines is 1. The van der Waals surface area contributed by atoms with Gasteiger partial charge < -0.3 is 10.7 Å². The molecule has 0 aliphatic heterocycles. The van der Waals surface area contributed by atoms with Gasteiger partial charge in [0, 0.05) is 5.69 Å². The maximum Gasteiger partial charge on any atom is 0.260 e. The highest BCUT2D eigenvalue weighted by atomic mass is 16.2. The highest BCUT2D eigenvalue weighted by Crippen LogP contribution is 1.90. The normalized spacial score (nSPS) is 9.55. The van der Waals surface area contributed by atoms with Crippen LogP contribution in [0.1, 0.15) is 16.1 Å². The van der Waals surface area contributed by atoms with E-state index in [1.54, 1.807) is 13.0 Å². The van der Waals surface area contributed by atoms with Crippen molar-refractivity contribution in [1.82, 2.24) is 4.98 Å². The number of amides is 1. The van der Waals surface area contributed by atoms with Crippen molar-refractivity contribution in [2.45, 2.75) is 6.92 Å². The smallest absolute Gasteiger partial charge is 0.260 e. The van der Waals surface area contributed by atoms with E-state index in [9.17, 15) is 9.59 Å². The van der Waals surface area contributed by atoms with Crippen molar-refractivity contribution in [3.63, 3.8) is 0 Å². The molecule has 0 bridgehead atoms. The predicted molar refractivity (Wildman–Crippen MR) is 40.3 cm³/mol. The third kappa shape index (κ3) is 1.46. The quantitative estimate of drug-likeness (QED) is 0.583. The molecule has 0 spiro atoms. The predicted octanol–water partition coefficient (Wildman–Crippen LogP) is -0.218. The van der Waals surface area contributed by atoms with E-state index in [1.165, 1.54) is 6.07 Å². The van der Waals surface area contributed by atoms with E-state index >= 15 is 0 Å². The van der Waals surface area contributed by atoms with Gasteiger partial charge in [0.1, 0.15) is 5.56 Å². The Morgan fingerprint density at radius 2 is 2.18 bits per heavy atom. The van der Waals surface area contributed by atoms with E-state index in [4.69, 9.17) is 5.73 Å². The van der Waals surface area contributed by atoms with Crippen LogP contribution < -0.4 is 11.3 Å². The number of primary amides is 1. The molecule has 4 heteroatoms. The van der Waals surface area contributed by atoms with E-state index in [-0.39, 0.29) is 5.56 Å². The molecule has 0 fully saturated rings. The molecule has 1 amide bonds. The second kappa shape index (κ2) is 2.57. The fourth-order valence-electron chi connectivity index (χ4n) is 0.766. The first kappa shape index (κ1) is 7.53. The van der Waals surface area contributed by atoms with Crippen molar-refractivity contribution in [2.24, 2.45) is 5.73 Å². The Morgan fingerprint density at radius 1 is 1.55 bits per heavy atom. The lowest BCUT2D eigenvalue weighted by molar-refractivity contribution is 0.0999. The molecule has 0 saturated carbocycles. The fraction of sp³-hybridized carbons (Fsp3) is 0.143. The first-order chi connectivity index (χ1) is 5.11. The van der Waals surface area contributed by atoms with Crippen LogP contribution in [0.3, 0.4) is 0 Å². The topological polar surface area (TPSA) is 76.0 Å². The van der Waals surface area contributed by atoms with Gasteiger partial charge in [0.15, 0.2) is 0 Å². The molecule has 0 saturated heterocycles. The summed E-state index contributed by atoms with van der Waals surface area (Å²) in [7, 11) is 0. The van der Waals surface area contributed by atoms with Crippen LogP contribution in [-0.4, -0.2) is 10.9 Å². The molecule has 0 aliphatic carbocycles. The Hall–Kier alpha value is -1.58. The number of hydrogen-bond acceptors (Lipinski definition) is 2. The number of pyridine rings is 1. The highest BCUT2D eigenvalue weighted by Gasteiger charge is 2.03. The summed E-state index contributed by atoms with van der Waals surface area (Å²) in [4.78, 5) is 23.9. The van der Waals surface area contributed by atoms with Crippen LogP contribution in [0.4, 0.5) is 0 Å². The van der Waals surface area contributed by atoms with Crippen LogP contribution in [0.15, 0.2) is 16.9 Å². The standard InChI is InChI=1S/C7H8N2O2/c1-4-2-3-5(6(8)10)7(11)9-4/h2-3H,1H3,(H2,8,10)(H,9,11). The lowest BCUT2D eigenvalue weighted by atomic mass is 10.2. The van der Waals surface area contributed by atoms with E-state index in [0.717, 1.165) is 0 Å². The molecule has 0 atom stereocenters. The number of hydrogen-bond donors (Lipinski definition) is 2. The van der Waals surface area contributed by atoms with Crippen molar-refractivity contribution in [2.75, 3.05) is 0 Å². The minimum Gasteiger partial charge on any atom is -0.365 e. The molecule has 1 aromatic rings. The highest BCUT2D eigenvalue weighted by molar-refractivity contribution is 5.92. The Labute approximate surface area is 63.0 Å². The Bertz CT molecular complexity index is 341. The summed E-state index contributed by atoms with van der Waals surface area (Å²) in [6.07, 6.45) is 0. The molecule has 0 unspecified atom stereocenters. The third-order valence-electron chi connectivity index (χ3n) is 1.32. The average Bonchev–Trinajstić information content (AvgIpc) is 1.85. The number of aryl methyl sites for hydroxylation is 1. The van der Waals surface area contributed by atoms with Gasteiger partial charge in [0.25, 0.3) is 11.5 Å². The Balaban J connectivity index is 3.32. The molecule has 58 valence electrons. The van der Waals surface area contributed by atoms with Crippen LogP contribution in [0, 0.1) is 6.92 Å². The zero-order chi connectivity index (χ0) is 8.43. The molecule has 4 nitrogen and oxygen atoms in total. The first-order valence-corrected chi connectivity index (χ1v) is 3.11. The SMILES string of the molecule is Cc1ccc(C(N)=O)c(=O)[nH]1. The molecule has 0 aliphatic rings. The van der Waals surface area contributed by atoms with Crippen molar-refractivity contribution < 1.29 is 4.79 Å². The Kier molecular flexibility index (Phi) is 1.76. The van der Waals surface area contributed by atoms with E-state index in [0.29, 0.717) is 5.69 Å². The zero-order valence-electron chi connectivity index (χ0n) is 6.05. The van der Waals surface area contributed by atoms with Gasteiger partial charge in [-0.05, 0) is 19.1 Å². The lowest BCUT2D eigenvalue weighted by Crippen LogP contribution is -2.23. The lowest BCUT2D eigenvalue weighted by Gasteiger charge is -1.94. The second-order valence-corrected chi connectivity index (χ2v) is 2.25. The zero-order valence-corrected chi connectivity index (χ0v) is 6.05. The molecule has 1 heterocycles. The number of aromatic nitrogens is 1. The minimum absolute atomic E-state index is 0.00407. The largest absolute Gasteiger partial charge is 0.365 e. The van der Waals surface area contributed by atoms with Crippen molar-refractivity contribution in [1.29, 1.82) is 0 Å². The van der Waals surface area contributed by atoms with Gasteiger partial charge in [-0.2, -0.15) is 0 Å². The second-order valence-electron chi connectivity index (χ2n) is 2.25. The molecular weight excluding hydrogens is 144 g/mol. The Morgan fingerprint density at radius 3 is 2.64 bits per heavy atom. The van der Waals surface area contributed by atoms with Gasteiger partial charge in [-0.3, -0.25) is 9.59 Å². The van der Waals surface area contributed by atoms with Gasteiger partial charge in [-0.15, -0.1) is 0 Å². The number of carbonyl (C=O) groups is 1. The summed E-state index contributed by atoms with van der Waals surface area (Å²) in [6, 6.07) is 3.04. The van der Waals surface area contributed by atoms with Crippen LogP contribution in [-0.2, 0) is 0 Å². The summed E-state index contributed by atoms with van der Waals surface area (Å²) in [6.45, 7) is 1.73. The van der Waals surface area contributed by atoms with Crippen LogP contribution >= 0.6 is 0 Å². The van der Waals surface area contributed by atoms with Gasteiger partial charge in [-0.25, -0.2) is 0 Å². The van der Waals surface area contributed by atoms with Crippen molar-refractivity contribution in [3.05, 3.63) is 33.7 Å². The summed E-state index contributed by atoms with van der Waals surface area (Å²) < 4.78 is 0. The third-order valence-corrected chi connectivity index (χ3v) is 1.32. The maximum absolute atomic E-state index is 10.9. The van der Waals surface area contributed by atoms with Crippen LogP contribution in [0.25, 0.3) is 0 Å². The van der Waals surface area contributed by atoms with Crippen LogP contribution in [0.2, 0.25) is 0 Å². The molecule has 1 aromatic heterocycles. The first-order valence-electron chi connectivity index (χ1n) is 3.11. The van der Waals surface area contributed by atoms with Gasteiger partial charge in [-0.1, -0.05) is 0 Å². The molecule has 11 heavy (non-hydrogen) atoms. The molecule has 1 rings (SSSR count). The summed E-state index contributed by atoms with van der Waals surface area (Å²) in [5.74, 6) is -0.703. The van der Waals surface area contributed by atoms with E-state index in [2.05, 4.69) is 4.98 Å². The monoisotopic (exact) mass is 152 g/mol. The van der Waals surface area contributed by atoms with E-state index < -0.39 is 11.5 Å². The maximum atomic E-state index is 10.9. The summed E-state index contributed by atoms with van der Waals surface area (Å²) in [5, 5.41) is 0. The molecule has 0 radical (unpaired) electrons. The molecular formula is C7H8N2O2. The number of rotatable bonds is 1. The van der Waals surface area contributed by atoms with Crippen LogP contribution in [0.5, 0.6) is 0 Å². The number of nitrogens with two attached hydrogens (primary N) is 1. The minimum atomic E-state index is -0.703. The number of H-pyrrole nitrogens is 1. The van der Waals surface area contributed by atoms with Gasteiger partial charge in [0.05, 0.1) is 0 Å². The van der Waals surface area contributed by atoms with Gasteiger partial charge >= 0.3 is 0 Å². The summed E-state index contributed by atoms with van der Waals surface area (Å²) in [5.41, 5.74) is 5.18. The van der Waals surface area contributed by atoms with Crippen molar-refractivity contribution in [3.8, 4) is 0 Å². The molecule has 0 aromatic carbocycles. The van der Waals surface area contributed by atoms with E-state index in [1.807, 2.05) is 0 Å². The molecule has 3 N–H and O–H groups in total. The summed E-state index contributed by atoms with van der Waals surface area (Å²) >= 11 is 0. The van der Waals surface area contributed by atoms with Crippen molar-refractivity contribution >= 4 is 5.91 Å². The average molecular weight is 152 g/mol. The number of nitrogens with one attached hydrogen (secondary N) is 1. The number of carbonyl (C=O) groups excluding carboxylic acids is 1. The van der Waals surface area contributed by atoms with Gasteiger partial charge in [0.2, 0.25) is 0 Å².